The van der Waals surface area contributed by atoms with Gasteiger partial charge in [-0.25, -0.2) is 14.8 Å². The third-order valence-corrected chi connectivity index (χ3v) is 3.15. The second-order valence-corrected chi connectivity index (χ2v) is 5.25. The summed E-state index contributed by atoms with van der Waals surface area (Å²) in [4.78, 5) is 21.7. The van der Waals surface area contributed by atoms with E-state index >= 15 is 0 Å². The summed E-state index contributed by atoms with van der Waals surface area (Å²) in [6.45, 7) is 4.79. The smallest absolute Gasteiger partial charge is 0.356 e. The summed E-state index contributed by atoms with van der Waals surface area (Å²) >= 11 is 0. The standard InChI is InChI=1S/C13H19N3O2/c1-8(2)12-14-6-10(11(15-12)13(17)18)16(3)7-9-4-5-9/h6,8-9H,4-5,7H2,1-3H3,(H,17,18). The second-order valence-electron chi connectivity index (χ2n) is 5.25. The molecule has 1 aliphatic carbocycles. The maximum atomic E-state index is 11.3. The first-order chi connectivity index (χ1) is 8.49. The summed E-state index contributed by atoms with van der Waals surface area (Å²) in [5, 5.41) is 9.25. The first kappa shape index (κ1) is 12.8. The molecule has 0 amide bonds. The molecule has 0 bridgehead atoms. The third-order valence-electron chi connectivity index (χ3n) is 3.15. The van der Waals surface area contributed by atoms with E-state index < -0.39 is 5.97 Å². The van der Waals surface area contributed by atoms with Gasteiger partial charge in [0.25, 0.3) is 0 Å². The number of anilines is 1. The zero-order valence-corrected chi connectivity index (χ0v) is 11.1. The monoisotopic (exact) mass is 249 g/mol. The molecule has 0 radical (unpaired) electrons. The van der Waals surface area contributed by atoms with Crippen LogP contribution < -0.4 is 4.90 Å². The molecule has 98 valence electrons. The van der Waals surface area contributed by atoms with Gasteiger partial charge >= 0.3 is 5.97 Å². The zero-order chi connectivity index (χ0) is 13.3. The molecule has 0 spiro atoms. The van der Waals surface area contributed by atoms with E-state index in [1.807, 2.05) is 25.8 Å². The van der Waals surface area contributed by atoms with E-state index in [1.165, 1.54) is 12.8 Å². The molecule has 1 heterocycles. The molecule has 1 fully saturated rings. The van der Waals surface area contributed by atoms with Gasteiger partial charge in [0.1, 0.15) is 5.82 Å². The molecule has 0 aromatic carbocycles. The number of carbonyl (C=O) groups is 1. The van der Waals surface area contributed by atoms with Crippen molar-refractivity contribution >= 4 is 11.7 Å². The van der Waals surface area contributed by atoms with E-state index in [1.54, 1.807) is 6.20 Å². The van der Waals surface area contributed by atoms with Crippen LogP contribution in [-0.2, 0) is 0 Å². The van der Waals surface area contributed by atoms with Crippen LogP contribution in [0, 0.1) is 5.92 Å². The molecule has 2 rings (SSSR count). The Morgan fingerprint density at radius 1 is 1.56 bits per heavy atom. The zero-order valence-electron chi connectivity index (χ0n) is 11.1. The van der Waals surface area contributed by atoms with Crippen LogP contribution in [0.4, 0.5) is 5.69 Å². The Balaban J connectivity index is 2.29. The molecule has 0 atom stereocenters. The van der Waals surface area contributed by atoms with Gasteiger partial charge in [-0.2, -0.15) is 0 Å². The van der Waals surface area contributed by atoms with Crippen molar-refractivity contribution in [3.63, 3.8) is 0 Å². The Kier molecular flexibility index (Phi) is 3.50. The van der Waals surface area contributed by atoms with Crippen molar-refractivity contribution in [1.82, 2.24) is 9.97 Å². The van der Waals surface area contributed by atoms with Crippen molar-refractivity contribution in [2.24, 2.45) is 5.92 Å². The largest absolute Gasteiger partial charge is 0.476 e. The lowest BCUT2D eigenvalue weighted by Crippen LogP contribution is -2.24. The molecular formula is C13H19N3O2. The Morgan fingerprint density at radius 2 is 2.22 bits per heavy atom. The maximum Gasteiger partial charge on any atom is 0.356 e. The average Bonchev–Trinajstić information content (AvgIpc) is 3.11. The Morgan fingerprint density at radius 3 is 2.72 bits per heavy atom. The number of carboxylic acids is 1. The number of hydrogen-bond acceptors (Lipinski definition) is 4. The molecule has 1 saturated carbocycles. The summed E-state index contributed by atoms with van der Waals surface area (Å²) in [6, 6.07) is 0. The average molecular weight is 249 g/mol. The molecule has 0 unspecified atom stereocenters. The highest BCUT2D eigenvalue weighted by atomic mass is 16.4. The van der Waals surface area contributed by atoms with Crippen molar-refractivity contribution in [3.8, 4) is 0 Å². The van der Waals surface area contributed by atoms with Gasteiger partial charge in [-0.15, -0.1) is 0 Å². The summed E-state index contributed by atoms with van der Waals surface area (Å²) < 4.78 is 0. The van der Waals surface area contributed by atoms with Crippen LogP contribution in [-0.4, -0.2) is 34.6 Å². The van der Waals surface area contributed by atoms with Crippen molar-refractivity contribution in [1.29, 1.82) is 0 Å². The van der Waals surface area contributed by atoms with Crippen LogP contribution in [0.1, 0.15) is 48.9 Å². The fraction of sp³-hybridized carbons (Fsp3) is 0.615. The normalized spacial score (nSPS) is 14.9. The molecule has 5 nitrogen and oxygen atoms in total. The molecule has 1 aromatic rings. The predicted molar refractivity (Wildman–Crippen MR) is 69.1 cm³/mol. The minimum Gasteiger partial charge on any atom is -0.476 e. The minimum absolute atomic E-state index is 0.108. The third kappa shape index (κ3) is 2.78. The highest BCUT2D eigenvalue weighted by Gasteiger charge is 2.25. The van der Waals surface area contributed by atoms with E-state index in [4.69, 9.17) is 0 Å². The lowest BCUT2D eigenvalue weighted by molar-refractivity contribution is 0.0690. The molecule has 1 aromatic heterocycles. The number of hydrogen-bond donors (Lipinski definition) is 1. The highest BCUT2D eigenvalue weighted by Crippen LogP contribution is 2.31. The maximum absolute atomic E-state index is 11.3. The van der Waals surface area contributed by atoms with Gasteiger partial charge in [-0.3, -0.25) is 0 Å². The molecule has 1 aliphatic rings. The van der Waals surface area contributed by atoms with Gasteiger partial charge in [0.2, 0.25) is 0 Å². The first-order valence-corrected chi connectivity index (χ1v) is 6.30. The van der Waals surface area contributed by atoms with Crippen LogP contribution in [0.3, 0.4) is 0 Å². The number of aromatic nitrogens is 2. The van der Waals surface area contributed by atoms with Crippen LogP contribution in [0.15, 0.2) is 6.20 Å². The predicted octanol–water partition coefficient (Wildman–Crippen LogP) is 2.14. The SMILES string of the molecule is CC(C)c1ncc(N(C)CC2CC2)c(C(=O)O)n1. The number of rotatable bonds is 5. The van der Waals surface area contributed by atoms with Crippen molar-refractivity contribution in [3.05, 3.63) is 17.7 Å². The Labute approximate surface area is 107 Å². The molecule has 0 aliphatic heterocycles. The highest BCUT2D eigenvalue weighted by molar-refractivity contribution is 5.91. The van der Waals surface area contributed by atoms with Crippen LogP contribution in [0.25, 0.3) is 0 Å². The fourth-order valence-electron chi connectivity index (χ4n) is 1.89. The van der Waals surface area contributed by atoms with E-state index in [2.05, 4.69) is 9.97 Å². The van der Waals surface area contributed by atoms with Crippen molar-refractivity contribution in [2.75, 3.05) is 18.5 Å². The van der Waals surface area contributed by atoms with Gasteiger partial charge in [0.05, 0.1) is 11.9 Å². The van der Waals surface area contributed by atoms with Crippen molar-refractivity contribution < 1.29 is 9.90 Å². The minimum atomic E-state index is -0.989. The van der Waals surface area contributed by atoms with Gasteiger partial charge < -0.3 is 10.0 Å². The molecule has 18 heavy (non-hydrogen) atoms. The molecule has 1 N–H and O–H groups in total. The summed E-state index contributed by atoms with van der Waals surface area (Å²) in [5.74, 6) is 0.417. The Hall–Kier alpha value is -1.65. The first-order valence-electron chi connectivity index (χ1n) is 6.30. The number of carboxylic acid groups (broad SMARTS) is 1. The molecular weight excluding hydrogens is 230 g/mol. The lowest BCUT2D eigenvalue weighted by Gasteiger charge is -2.20. The van der Waals surface area contributed by atoms with E-state index in [0.717, 1.165) is 6.54 Å². The van der Waals surface area contributed by atoms with Gasteiger partial charge in [-0.05, 0) is 18.8 Å². The summed E-state index contributed by atoms with van der Waals surface area (Å²) in [5.41, 5.74) is 0.718. The topological polar surface area (TPSA) is 66.3 Å². The Bertz CT molecular complexity index is 456. The summed E-state index contributed by atoms with van der Waals surface area (Å²) in [6.07, 6.45) is 4.10. The lowest BCUT2D eigenvalue weighted by atomic mass is 10.2. The van der Waals surface area contributed by atoms with Crippen LogP contribution in [0.2, 0.25) is 0 Å². The number of aromatic carboxylic acids is 1. The summed E-state index contributed by atoms with van der Waals surface area (Å²) in [7, 11) is 1.90. The van der Waals surface area contributed by atoms with Gasteiger partial charge in [-0.1, -0.05) is 13.8 Å². The quantitative estimate of drug-likeness (QED) is 0.866. The van der Waals surface area contributed by atoms with Crippen LogP contribution in [0.5, 0.6) is 0 Å². The molecule has 5 heteroatoms. The van der Waals surface area contributed by atoms with E-state index in [0.29, 0.717) is 17.4 Å². The fourth-order valence-corrected chi connectivity index (χ4v) is 1.89. The van der Waals surface area contributed by atoms with E-state index in [-0.39, 0.29) is 11.6 Å². The van der Waals surface area contributed by atoms with Gasteiger partial charge in [0.15, 0.2) is 5.69 Å². The second kappa shape index (κ2) is 4.92. The van der Waals surface area contributed by atoms with Crippen LogP contribution >= 0.6 is 0 Å². The van der Waals surface area contributed by atoms with E-state index in [9.17, 15) is 9.90 Å². The van der Waals surface area contributed by atoms with Crippen molar-refractivity contribution in [2.45, 2.75) is 32.6 Å². The number of nitrogens with zero attached hydrogens (tertiary/aromatic N) is 3. The van der Waals surface area contributed by atoms with Gasteiger partial charge in [0, 0.05) is 19.5 Å². The molecule has 0 saturated heterocycles.